The van der Waals surface area contributed by atoms with E-state index in [0.717, 1.165) is 40.6 Å². The van der Waals surface area contributed by atoms with E-state index in [1.165, 1.54) is 0 Å². The van der Waals surface area contributed by atoms with Gasteiger partial charge in [0, 0.05) is 16.5 Å². The topological polar surface area (TPSA) is 110 Å². The number of nitrogens with zero attached hydrogens (tertiary/aromatic N) is 4. The van der Waals surface area contributed by atoms with E-state index in [1.807, 2.05) is 60.7 Å². The molecule has 0 aliphatic carbocycles. The first-order chi connectivity index (χ1) is 15.7. The Morgan fingerprint density at radius 1 is 1.09 bits per heavy atom. The average molecular weight is 425 g/mol. The van der Waals surface area contributed by atoms with Crippen LogP contribution in [0.1, 0.15) is 24.4 Å². The number of fused-ring (bicyclic) bond motifs is 1. The molecule has 7 heteroatoms. The molecule has 1 aliphatic rings. The Morgan fingerprint density at radius 3 is 2.62 bits per heavy atom. The first kappa shape index (κ1) is 20.2. The van der Waals surface area contributed by atoms with Crippen LogP contribution in [0.15, 0.2) is 60.7 Å². The number of aliphatic hydroxyl groups is 1. The molecule has 2 unspecified atom stereocenters. The van der Waals surface area contributed by atoms with Gasteiger partial charge in [-0.15, -0.1) is 0 Å². The fourth-order valence-electron chi connectivity index (χ4n) is 4.20. The largest absolute Gasteiger partial charge is 0.394 e. The van der Waals surface area contributed by atoms with E-state index in [9.17, 15) is 10.4 Å². The fraction of sp³-hybridized carbons (Fsp3) is 0.240. The summed E-state index contributed by atoms with van der Waals surface area (Å²) in [7, 11) is 0. The summed E-state index contributed by atoms with van der Waals surface area (Å²) in [6.45, 7) is 0.409. The molecule has 7 nitrogen and oxygen atoms in total. The third-order valence-electron chi connectivity index (χ3n) is 5.99. The third-order valence-corrected chi connectivity index (χ3v) is 5.99. The molecule has 2 atom stereocenters. The lowest BCUT2D eigenvalue weighted by atomic mass is 10.0. The number of nitrogen functional groups attached to an aromatic ring is 1. The lowest BCUT2D eigenvalue weighted by Gasteiger charge is -2.28. The molecule has 0 bridgehead atoms. The summed E-state index contributed by atoms with van der Waals surface area (Å²) in [5.41, 5.74) is 10.8. The van der Waals surface area contributed by atoms with Crippen LogP contribution >= 0.6 is 0 Å². The van der Waals surface area contributed by atoms with E-state index in [4.69, 9.17) is 20.6 Å². The number of pyridine rings is 1. The molecule has 2 aromatic carbocycles. The van der Waals surface area contributed by atoms with Crippen molar-refractivity contribution in [1.82, 2.24) is 14.8 Å². The second-order valence-electron chi connectivity index (χ2n) is 8.00. The Hall–Kier alpha value is -3.73. The van der Waals surface area contributed by atoms with Gasteiger partial charge < -0.3 is 15.6 Å². The second-order valence-corrected chi connectivity index (χ2v) is 8.00. The molecule has 1 saturated heterocycles. The molecule has 1 aliphatic heterocycles. The van der Waals surface area contributed by atoms with Crippen LogP contribution in [-0.4, -0.2) is 39.2 Å². The van der Waals surface area contributed by atoms with Crippen molar-refractivity contribution in [3.05, 3.63) is 66.2 Å². The first-order valence-electron chi connectivity index (χ1n) is 10.6. The van der Waals surface area contributed by atoms with Crippen LogP contribution < -0.4 is 5.73 Å². The fourth-order valence-corrected chi connectivity index (χ4v) is 4.20. The van der Waals surface area contributed by atoms with E-state index in [0.29, 0.717) is 23.7 Å². The van der Waals surface area contributed by atoms with Crippen LogP contribution in [0.4, 0.5) is 5.82 Å². The number of hydrogen-bond donors (Lipinski definition) is 2. The molecule has 4 aromatic rings. The van der Waals surface area contributed by atoms with Crippen LogP contribution in [-0.2, 0) is 4.74 Å². The van der Waals surface area contributed by atoms with Gasteiger partial charge >= 0.3 is 0 Å². The molecular weight excluding hydrogens is 402 g/mol. The van der Waals surface area contributed by atoms with Gasteiger partial charge in [-0.05, 0) is 25.0 Å². The van der Waals surface area contributed by atoms with Crippen molar-refractivity contribution in [2.24, 2.45) is 0 Å². The standard InChI is InChI=1S/C25H23N5O2/c26-13-21-24(29-30(25(21)27)19-9-10-20(14-31)32-15-19)18-7-6-17-8-11-22(28-23(17)12-18)16-4-2-1-3-5-16/h1-8,11-12,19-20,31H,9-10,14-15,27H2. The summed E-state index contributed by atoms with van der Waals surface area (Å²) in [5, 5.41) is 24.8. The SMILES string of the molecule is N#Cc1c(-c2ccc3ccc(-c4ccccc4)nc3c2)nn(C2CCC(CO)OC2)c1N. The minimum atomic E-state index is -0.150. The summed E-state index contributed by atoms with van der Waals surface area (Å²) in [6, 6.07) is 22.1. The molecule has 32 heavy (non-hydrogen) atoms. The van der Waals surface area contributed by atoms with E-state index >= 15 is 0 Å². The summed E-state index contributed by atoms with van der Waals surface area (Å²) < 4.78 is 7.39. The van der Waals surface area contributed by atoms with Gasteiger partial charge in [-0.2, -0.15) is 10.4 Å². The maximum absolute atomic E-state index is 9.80. The van der Waals surface area contributed by atoms with Gasteiger partial charge in [0.2, 0.25) is 0 Å². The van der Waals surface area contributed by atoms with Crippen molar-refractivity contribution in [2.45, 2.75) is 25.0 Å². The minimum absolute atomic E-state index is 0.00502. The van der Waals surface area contributed by atoms with Crippen LogP contribution in [0.25, 0.3) is 33.4 Å². The number of anilines is 1. The van der Waals surface area contributed by atoms with Crippen molar-refractivity contribution in [2.75, 3.05) is 18.9 Å². The van der Waals surface area contributed by atoms with Crippen molar-refractivity contribution < 1.29 is 9.84 Å². The number of aliphatic hydroxyl groups excluding tert-OH is 1. The highest BCUT2D eigenvalue weighted by Crippen LogP contribution is 2.33. The highest BCUT2D eigenvalue weighted by Gasteiger charge is 2.27. The number of aromatic nitrogens is 3. The molecular formula is C25H23N5O2. The molecule has 3 heterocycles. The molecule has 0 spiro atoms. The van der Waals surface area contributed by atoms with Crippen molar-refractivity contribution in [3.8, 4) is 28.6 Å². The summed E-state index contributed by atoms with van der Waals surface area (Å²) in [4.78, 5) is 4.83. The maximum Gasteiger partial charge on any atom is 0.140 e. The highest BCUT2D eigenvalue weighted by molar-refractivity contribution is 5.87. The van der Waals surface area contributed by atoms with Crippen LogP contribution in [0.3, 0.4) is 0 Å². The van der Waals surface area contributed by atoms with E-state index < -0.39 is 0 Å². The average Bonchev–Trinajstić information content (AvgIpc) is 3.20. The number of nitrogens with two attached hydrogens (primary N) is 1. The summed E-state index contributed by atoms with van der Waals surface area (Å²) >= 11 is 0. The number of rotatable bonds is 4. The zero-order valence-electron chi connectivity index (χ0n) is 17.5. The third kappa shape index (κ3) is 3.60. The Labute approximate surface area is 185 Å². The molecule has 2 aromatic heterocycles. The minimum Gasteiger partial charge on any atom is -0.394 e. The number of benzene rings is 2. The zero-order chi connectivity index (χ0) is 22.1. The van der Waals surface area contributed by atoms with Gasteiger partial charge in [-0.3, -0.25) is 0 Å². The van der Waals surface area contributed by atoms with Crippen molar-refractivity contribution in [1.29, 1.82) is 5.26 Å². The molecule has 0 radical (unpaired) electrons. The zero-order valence-corrected chi connectivity index (χ0v) is 17.5. The predicted molar refractivity (Wildman–Crippen MR) is 123 cm³/mol. The van der Waals surface area contributed by atoms with E-state index in [1.54, 1.807) is 4.68 Å². The van der Waals surface area contributed by atoms with Gasteiger partial charge in [-0.25, -0.2) is 9.67 Å². The first-order valence-corrected chi connectivity index (χ1v) is 10.6. The summed E-state index contributed by atoms with van der Waals surface area (Å²) in [5.74, 6) is 0.338. The van der Waals surface area contributed by atoms with Gasteiger partial charge in [0.15, 0.2) is 0 Å². The van der Waals surface area contributed by atoms with Crippen molar-refractivity contribution >= 4 is 16.7 Å². The lowest BCUT2D eigenvalue weighted by molar-refractivity contribution is -0.0406. The molecule has 0 saturated carbocycles. The maximum atomic E-state index is 9.80. The van der Waals surface area contributed by atoms with Gasteiger partial charge in [-0.1, -0.05) is 48.5 Å². The van der Waals surface area contributed by atoms with Gasteiger partial charge in [0.05, 0.1) is 36.6 Å². The molecule has 3 N–H and O–H groups in total. The van der Waals surface area contributed by atoms with E-state index in [2.05, 4.69) is 6.07 Å². The molecule has 0 amide bonds. The van der Waals surface area contributed by atoms with Crippen molar-refractivity contribution in [3.63, 3.8) is 0 Å². The lowest BCUT2D eigenvalue weighted by Crippen LogP contribution is -2.31. The Kier molecular flexibility index (Phi) is 5.31. The normalized spacial score (nSPS) is 18.5. The molecule has 5 rings (SSSR count). The molecule has 1 fully saturated rings. The quantitative estimate of drug-likeness (QED) is 0.513. The Bertz CT molecular complexity index is 1300. The smallest absolute Gasteiger partial charge is 0.140 e. The predicted octanol–water partition coefficient (Wildman–Crippen LogP) is 3.93. The van der Waals surface area contributed by atoms with Crippen LogP contribution in [0.5, 0.6) is 0 Å². The molecule has 160 valence electrons. The van der Waals surface area contributed by atoms with Crippen LogP contribution in [0, 0.1) is 11.3 Å². The van der Waals surface area contributed by atoms with Gasteiger partial charge in [0.1, 0.15) is 23.1 Å². The number of ether oxygens (including phenoxy) is 1. The summed E-state index contributed by atoms with van der Waals surface area (Å²) in [6.07, 6.45) is 1.35. The Balaban J connectivity index is 1.54. The monoisotopic (exact) mass is 425 g/mol. The van der Waals surface area contributed by atoms with E-state index in [-0.39, 0.29) is 18.8 Å². The highest BCUT2D eigenvalue weighted by atomic mass is 16.5. The Morgan fingerprint density at radius 2 is 1.91 bits per heavy atom. The number of hydrogen-bond acceptors (Lipinski definition) is 6. The second kappa shape index (κ2) is 8.42. The number of nitriles is 1. The van der Waals surface area contributed by atoms with Crippen LogP contribution in [0.2, 0.25) is 0 Å². The van der Waals surface area contributed by atoms with Gasteiger partial charge in [0.25, 0.3) is 0 Å².